The molecule has 0 saturated heterocycles. The third-order valence-corrected chi connectivity index (χ3v) is 7.77. The van der Waals surface area contributed by atoms with Crippen LogP contribution in [0.3, 0.4) is 0 Å². The van der Waals surface area contributed by atoms with Crippen molar-refractivity contribution in [1.29, 1.82) is 5.41 Å². The summed E-state index contributed by atoms with van der Waals surface area (Å²) in [5.41, 5.74) is 8.81. The molecule has 0 fully saturated rings. The number of hydrogen-bond donors (Lipinski definition) is 1. The van der Waals surface area contributed by atoms with Crippen LogP contribution in [-0.4, -0.2) is 5.71 Å². The van der Waals surface area contributed by atoms with Gasteiger partial charge in [0.05, 0.1) is 0 Å². The van der Waals surface area contributed by atoms with Crippen LogP contribution in [0.15, 0.2) is 128 Å². The summed E-state index contributed by atoms with van der Waals surface area (Å²) < 4.78 is 0. The van der Waals surface area contributed by atoms with E-state index in [-0.39, 0.29) is 0 Å². The molecule has 0 aliphatic heterocycles. The maximum Gasteiger partial charge on any atom is 0.0361 e. The van der Waals surface area contributed by atoms with Crippen molar-refractivity contribution in [1.82, 2.24) is 0 Å². The molecule has 0 aromatic heterocycles. The first-order chi connectivity index (χ1) is 19.1. The van der Waals surface area contributed by atoms with Gasteiger partial charge in [-0.15, -0.1) is 0 Å². The van der Waals surface area contributed by atoms with Crippen LogP contribution in [-0.2, 0) is 6.42 Å². The molecule has 6 aromatic rings. The summed E-state index contributed by atoms with van der Waals surface area (Å²) in [7, 11) is 0. The quantitative estimate of drug-likeness (QED) is 0.133. The summed E-state index contributed by atoms with van der Waals surface area (Å²) in [6.07, 6.45) is 4.67. The molecule has 0 saturated carbocycles. The lowest BCUT2D eigenvalue weighted by Gasteiger charge is -2.19. The van der Waals surface area contributed by atoms with Crippen molar-refractivity contribution >= 4 is 43.6 Å². The van der Waals surface area contributed by atoms with Gasteiger partial charge in [0.1, 0.15) is 0 Å². The van der Waals surface area contributed by atoms with Crippen molar-refractivity contribution < 1.29 is 0 Å². The second-order valence-electron chi connectivity index (χ2n) is 10.0. The van der Waals surface area contributed by atoms with Gasteiger partial charge < -0.3 is 5.41 Å². The minimum absolute atomic E-state index is 0.532. The molecule has 1 N–H and O–H groups in total. The lowest BCUT2D eigenvalue weighted by atomic mass is 9.84. The smallest absolute Gasteiger partial charge is 0.0361 e. The molecule has 6 rings (SSSR count). The number of nitrogens with one attached hydrogen (secondary N) is 1. The molecule has 39 heavy (non-hydrogen) atoms. The Hall–Kier alpha value is -4.75. The lowest BCUT2D eigenvalue weighted by Crippen LogP contribution is -1.95. The zero-order valence-corrected chi connectivity index (χ0v) is 22.5. The first-order valence-corrected chi connectivity index (χ1v) is 13.6. The molecule has 1 nitrogen and oxygen atoms in total. The Morgan fingerprint density at radius 2 is 1.18 bits per heavy atom. The zero-order valence-electron chi connectivity index (χ0n) is 22.5. The third kappa shape index (κ3) is 4.17. The Morgan fingerprint density at radius 3 is 1.74 bits per heavy atom. The summed E-state index contributed by atoms with van der Waals surface area (Å²) in [6, 6.07) is 39.7. The number of benzene rings is 6. The van der Waals surface area contributed by atoms with E-state index in [4.69, 9.17) is 5.41 Å². The Labute approximate surface area is 230 Å². The second-order valence-corrected chi connectivity index (χ2v) is 10.0. The summed E-state index contributed by atoms with van der Waals surface area (Å²) in [5, 5.41) is 15.8. The molecule has 0 aliphatic rings. The topological polar surface area (TPSA) is 23.9 Å². The first kappa shape index (κ1) is 24.6. The molecule has 188 valence electrons. The third-order valence-electron chi connectivity index (χ3n) is 7.77. The van der Waals surface area contributed by atoms with E-state index < -0.39 is 0 Å². The van der Waals surface area contributed by atoms with Crippen molar-refractivity contribution in [2.75, 3.05) is 0 Å². The molecule has 0 heterocycles. The van der Waals surface area contributed by atoms with Crippen molar-refractivity contribution in [3.8, 4) is 22.3 Å². The normalized spacial score (nSPS) is 11.8. The molecule has 0 aliphatic carbocycles. The number of fused-ring (bicyclic) bond motifs is 3. The molecule has 1 heteroatoms. The van der Waals surface area contributed by atoms with Crippen LogP contribution in [0.5, 0.6) is 0 Å². The van der Waals surface area contributed by atoms with Gasteiger partial charge in [-0.1, -0.05) is 135 Å². The molecule has 0 bridgehead atoms. The lowest BCUT2D eigenvalue weighted by molar-refractivity contribution is 1.16. The van der Waals surface area contributed by atoms with E-state index in [1.165, 1.54) is 60.1 Å². The molecular weight excluding hydrogens is 470 g/mol. The fourth-order valence-corrected chi connectivity index (χ4v) is 6.00. The summed E-state index contributed by atoms with van der Waals surface area (Å²) in [4.78, 5) is 0. The molecule has 0 amide bonds. The number of allylic oxidation sites excluding steroid dienone is 3. The van der Waals surface area contributed by atoms with Gasteiger partial charge in [0.2, 0.25) is 0 Å². The fourth-order valence-electron chi connectivity index (χ4n) is 6.00. The van der Waals surface area contributed by atoms with Gasteiger partial charge >= 0.3 is 0 Å². The number of rotatable bonds is 6. The fraction of sp³-hybridized carbons (Fsp3) is 0.0789. The van der Waals surface area contributed by atoms with Crippen LogP contribution >= 0.6 is 0 Å². The SMILES string of the molecule is C=C/C=C(\C(C)=N)c1ccc(-c2c3ccccc3c(-c3cccc4c(CC)cccc34)c3ccccc23)cc1. The number of aryl methyl sites for hydroxylation is 1. The van der Waals surface area contributed by atoms with Gasteiger partial charge in [-0.2, -0.15) is 0 Å². The Balaban J connectivity index is 1.67. The maximum atomic E-state index is 8.20. The molecule has 0 spiro atoms. The minimum Gasteiger partial charge on any atom is -0.305 e. The predicted molar refractivity (Wildman–Crippen MR) is 171 cm³/mol. The van der Waals surface area contributed by atoms with Crippen LogP contribution in [0.2, 0.25) is 0 Å². The van der Waals surface area contributed by atoms with E-state index in [1.807, 2.05) is 13.0 Å². The molecule has 0 atom stereocenters. The van der Waals surface area contributed by atoms with Crippen LogP contribution in [0.1, 0.15) is 25.0 Å². The summed E-state index contributed by atoms with van der Waals surface area (Å²) in [5.74, 6) is 0. The van der Waals surface area contributed by atoms with Crippen LogP contribution in [0, 0.1) is 5.41 Å². The van der Waals surface area contributed by atoms with Crippen molar-refractivity contribution in [2.45, 2.75) is 20.3 Å². The minimum atomic E-state index is 0.532. The molecule has 6 aromatic carbocycles. The molecular formula is C38H31N. The van der Waals surface area contributed by atoms with Gasteiger partial charge in [-0.05, 0) is 79.0 Å². The largest absolute Gasteiger partial charge is 0.305 e. The van der Waals surface area contributed by atoms with Crippen molar-refractivity contribution in [2.24, 2.45) is 0 Å². The highest BCUT2D eigenvalue weighted by atomic mass is 14.4. The average Bonchev–Trinajstić information content (AvgIpc) is 2.98. The van der Waals surface area contributed by atoms with Gasteiger partial charge in [-0.25, -0.2) is 0 Å². The van der Waals surface area contributed by atoms with E-state index in [2.05, 4.69) is 123 Å². The zero-order chi connectivity index (χ0) is 26.9. The van der Waals surface area contributed by atoms with Crippen LogP contribution in [0.25, 0.3) is 60.1 Å². The van der Waals surface area contributed by atoms with E-state index in [0.717, 1.165) is 17.6 Å². The Morgan fingerprint density at radius 1 is 0.641 bits per heavy atom. The van der Waals surface area contributed by atoms with Crippen molar-refractivity contribution in [3.63, 3.8) is 0 Å². The predicted octanol–water partition coefficient (Wildman–Crippen LogP) is 10.7. The standard InChI is InChI=1S/C38H31N/c1-4-12-29(25(3)39)27-21-23-28(24-22-27)37-33-14-6-8-16-35(33)38(36-17-9-7-15-34(36)37)32-20-11-18-30-26(5-2)13-10-19-31(30)32/h4,6-24,39H,1,5H2,2-3H3/b29-12+,39-25?. The highest BCUT2D eigenvalue weighted by Gasteiger charge is 2.18. The summed E-state index contributed by atoms with van der Waals surface area (Å²) in [6.45, 7) is 7.88. The van der Waals surface area contributed by atoms with E-state index in [0.29, 0.717) is 5.71 Å². The average molecular weight is 502 g/mol. The van der Waals surface area contributed by atoms with Gasteiger partial charge in [0, 0.05) is 11.3 Å². The van der Waals surface area contributed by atoms with E-state index in [1.54, 1.807) is 6.08 Å². The maximum absolute atomic E-state index is 8.20. The van der Waals surface area contributed by atoms with Gasteiger partial charge in [0.25, 0.3) is 0 Å². The van der Waals surface area contributed by atoms with Crippen molar-refractivity contribution in [3.05, 3.63) is 139 Å². The van der Waals surface area contributed by atoms with Crippen LogP contribution < -0.4 is 0 Å². The number of hydrogen-bond acceptors (Lipinski definition) is 1. The second kappa shape index (κ2) is 10.2. The highest BCUT2D eigenvalue weighted by Crippen LogP contribution is 2.45. The molecule has 0 unspecified atom stereocenters. The van der Waals surface area contributed by atoms with E-state index >= 15 is 0 Å². The Bertz CT molecular complexity index is 1860. The summed E-state index contributed by atoms with van der Waals surface area (Å²) >= 11 is 0. The van der Waals surface area contributed by atoms with Gasteiger partial charge in [0.15, 0.2) is 0 Å². The highest BCUT2D eigenvalue weighted by molar-refractivity contribution is 6.24. The molecule has 0 radical (unpaired) electrons. The monoisotopic (exact) mass is 501 g/mol. The van der Waals surface area contributed by atoms with Gasteiger partial charge in [-0.3, -0.25) is 0 Å². The Kier molecular flexibility index (Phi) is 6.42. The first-order valence-electron chi connectivity index (χ1n) is 13.6. The van der Waals surface area contributed by atoms with E-state index in [9.17, 15) is 0 Å². The van der Waals surface area contributed by atoms with Crippen LogP contribution in [0.4, 0.5) is 0 Å².